The Morgan fingerprint density at radius 1 is 0.464 bits per heavy atom. The van der Waals surface area contributed by atoms with Crippen molar-refractivity contribution in [1.82, 2.24) is 59.2 Å². The van der Waals surface area contributed by atoms with Crippen LogP contribution >= 0.6 is 0 Å². The van der Waals surface area contributed by atoms with Gasteiger partial charge in [-0.1, -0.05) is 64.6 Å². The molecule has 1 unspecified atom stereocenters. The Morgan fingerprint density at radius 3 is 1.05 bits per heavy atom. The smallest absolute Gasteiger partial charge is 0.147 e. The van der Waals surface area contributed by atoms with E-state index >= 15 is 0 Å². The summed E-state index contributed by atoms with van der Waals surface area (Å²) in [6, 6.07) is 10.5. The number of benzene rings is 1. The van der Waals surface area contributed by atoms with Crippen LogP contribution in [0.4, 0.5) is 0 Å². The first-order valence-corrected chi connectivity index (χ1v) is 18.4. The first kappa shape index (κ1) is 55.9. The lowest BCUT2D eigenvalue weighted by molar-refractivity contribution is 0.181. The van der Waals surface area contributed by atoms with Crippen LogP contribution in [0.3, 0.4) is 0 Å². The van der Waals surface area contributed by atoms with E-state index in [1.54, 1.807) is 15.7 Å². The summed E-state index contributed by atoms with van der Waals surface area (Å²) in [5.74, 6) is 3.43. The maximum absolute atomic E-state index is 4.03. The van der Waals surface area contributed by atoms with Gasteiger partial charge in [-0.15, -0.1) is 0 Å². The molecule has 2 aliphatic heterocycles. The van der Waals surface area contributed by atoms with Crippen molar-refractivity contribution >= 4 is 0 Å². The van der Waals surface area contributed by atoms with Gasteiger partial charge in [0.1, 0.15) is 23.8 Å². The van der Waals surface area contributed by atoms with E-state index in [0.717, 1.165) is 40.2 Å². The lowest BCUT2D eigenvalue weighted by atomic mass is 10.2. The van der Waals surface area contributed by atoms with E-state index < -0.39 is 0 Å². The van der Waals surface area contributed by atoms with Crippen molar-refractivity contribution < 1.29 is 0 Å². The molecule has 4 aromatic heterocycles. The SMILES string of the molecule is C.C.C.CC1CCN(C)C1.CN1CCN(C)CC1.Cc1ccc(C)cc1.Cc1ccn(C)n1.Cc1cnc(C)nc1.Cc1cnc(C)nc1.Cc1ncn(C)n1. The van der Waals surface area contributed by atoms with Gasteiger partial charge in [-0.3, -0.25) is 9.36 Å². The summed E-state index contributed by atoms with van der Waals surface area (Å²) in [4.78, 5) is 26.8. The second kappa shape index (κ2) is 31.8. The van der Waals surface area contributed by atoms with Crippen LogP contribution < -0.4 is 0 Å². The Kier molecular flexibility index (Phi) is 31.7. The quantitative estimate of drug-likeness (QED) is 0.153. The molecule has 12 heteroatoms. The molecular weight excluding hydrogens is 697 g/mol. The van der Waals surface area contributed by atoms with E-state index in [-0.39, 0.29) is 22.3 Å². The van der Waals surface area contributed by atoms with Crippen LogP contribution in [-0.4, -0.2) is 120 Å². The summed E-state index contributed by atoms with van der Waals surface area (Å²) in [7, 11) is 10.3. The fourth-order valence-corrected chi connectivity index (χ4v) is 4.59. The van der Waals surface area contributed by atoms with Crippen LogP contribution in [0.5, 0.6) is 0 Å². The van der Waals surface area contributed by atoms with E-state index in [2.05, 4.69) is 116 Å². The van der Waals surface area contributed by atoms with Crippen LogP contribution in [0.2, 0.25) is 0 Å². The third-order valence-corrected chi connectivity index (χ3v) is 7.95. The molecule has 0 saturated carbocycles. The van der Waals surface area contributed by atoms with Gasteiger partial charge in [-0.25, -0.2) is 24.9 Å². The van der Waals surface area contributed by atoms with Gasteiger partial charge in [-0.2, -0.15) is 10.2 Å². The molecule has 0 N–H and O–H groups in total. The van der Waals surface area contributed by atoms with Crippen LogP contribution in [-0.2, 0) is 14.1 Å². The molecule has 0 radical (unpaired) electrons. The molecule has 0 spiro atoms. The van der Waals surface area contributed by atoms with Gasteiger partial charge < -0.3 is 14.7 Å². The van der Waals surface area contributed by atoms with Crippen LogP contribution in [0.25, 0.3) is 0 Å². The van der Waals surface area contributed by atoms with Gasteiger partial charge in [0.2, 0.25) is 0 Å². The van der Waals surface area contributed by atoms with Gasteiger partial charge >= 0.3 is 0 Å². The topological polar surface area (TPSA) is 110 Å². The summed E-state index contributed by atoms with van der Waals surface area (Å²) >= 11 is 0. The monoisotopic (exact) mass is 777 g/mol. The predicted molar refractivity (Wildman–Crippen MR) is 239 cm³/mol. The number of piperazine rings is 1. The fraction of sp³-hybridized carbons (Fsp3) is 0.568. The summed E-state index contributed by atoms with van der Waals surface area (Å²) in [5.41, 5.74) is 5.94. The average Bonchev–Trinajstić information content (AvgIpc) is 3.83. The highest BCUT2D eigenvalue weighted by molar-refractivity contribution is 5.19. The molecule has 316 valence electrons. The van der Waals surface area contributed by atoms with E-state index in [9.17, 15) is 0 Å². The van der Waals surface area contributed by atoms with Crippen LogP contribution in [0.1, 0.15) is 81.0 Å². The highest BCUT2D eigenvalue weighted by Crippen LogP contribution is 2.11. The number of rotatable bonds is 0. The second-order valence-corrected chi connectivity index (χ2v) is 14.1. The maximum Gasteiger partial charge on any atom is 0.147 e. The molecule has 7 rings (SSSR count). The van der Waals surface area contributed by atoms with Gasteiger partial charge in [0.05, 0.1) is 5.69 Å². The van der Waals surface area contributed by atoms with Crippen LogP contribution in [0.15, 0.2) is 67.6 Å². The highest BCUT2D eigenvalue weighted by atomic mass is 15.3. The average molecular weight is 777 g/mol. The molecule has 1 aromatic carbocycles. The Balaban J connectivity index is -0.000000580. The van der Waals surface area contributed by atoms with Crippen molar-refractivity contribution in [1.29, 1.82) is 0 Å². The molecule has 6 heterocycles. The normalized spacial score (nSPS) is 14.4. The first-order chi connectivity index (χ1) is 25.0. The van der Waals surface area contributed by atoms with Crippen molar-refractivity contribution in [3.63, 3.8) is 0 Å². The number of aryl methyl sites for hydroxylation is 10. The molecule has 0 aliphatic carbocycles. The van der Waals surface area contributed by atoms with Crippen molar-refractivity contribution in [2.75, 3.05) is 60.4 Å². The lowest BCUT2D eigenvalue weighted by Crippen LogP contribution is -2.42. The first-order valence-electron chi connectivity index (χ1n) is 18.4. The summed E-state index contributed by atoms with van der Waals surface area (Å²) in [6.07, 6.45) is 12.2. The lowest BCUT2D eigenvalue weighted by Gasteiger charge is -2.28. The molecule has 2 aliphatic rings. The zero-order valence-corrected chi connectivity index (χ0v) is 35.2. The van der Waals surface area contributed by atoms with Gasteiger partial charge in [0, 0.05) is 77.8 Å². The van der Waals surface area contributed by atoms with Crippen molar-refractivity contribution in [3.8, 4) is 0 Å². The minimum Gasteiger partial charge on any atom is -0.306 e. The third kappa shape index (κ3) is 29.9. The highest BCUT2D eigenvalue weighted by Gasteiger charge is 2.13. The molecular formula is C44H80N12. The van der Waals surface area contributed by atoms with E-state index in [0.29, 0.717) is 0 Å². The van der Waals surface area contributed by atoms with Crippen molar-refractivity contribution in [2.24, 2.45) is 20.0 Å². The van der Waals surface area contributed by atoms with Gasteiger partial charge in [0.25, 0.3) is 0 Å². The Labute approximate surface area is 342 Å². The minimum atomic E-state index is 0. The van der Waals surface area contributed by atoms with Crippen molar-refractivity contribution in [3.05, 3.63) is 113 Å². The van der Waals surface area contributed by atoms with Crippen LogP contribution in [0, 0.1) is 61.3 Å². The molecule has 56 heavy (non-hydrogen) atoms. The van der Waals surface area contributed by atoms with Gasteiger partial charge in [0.15, 0.2) is 0 Å². The maximum atomic E-state index is 4.03. The third-order valence-electron chi connectivity index (χ3n) is 7.95. The number of likely N-dealkylation sites (N-methyl/N-ethyl adjacent to an activating group) is 2. The number of nitrogens with zero attached hydrogens (tertiary/aromatic N) is 12. The molecule has 2 fully saturated rings. The Hall–Kier alpha value is -4.39. The largest absolute Gasteiger partial charge is 0.306 e. The molecule has 5 aromatic rings. The van der Waals surface area contributed by atoms with E-state index in [1.165, 1.54) is 56.8 Å². The van der Waals surface area contributed by atoms with Crippen molar-refractivity contribution in [2.45, 2.75) is 91.0 Å². The number of hydrogen-bond donors (Lipinski definition) is 0. The standard InChI is InChI=1S/C8H10.C6H14N2.2C6H8N2.C6H13N.C5H8N2.C4H7N3.3CH4/c2*1-7-3-5-8(2)6-4-7;2*1-5-3-7-6(2)8-4-5;1-6-3-4-7(2)5-6;1-5-3-4-7(2)6-5;1-4-5-3-7(2)6-4;;;/h3-6H,1-2H3;3-6H2,1-2H3;2*3-4H,1-2H3;6H,3-5H2,1-2H3;3-4H,1-2H3;3H,1-2H3;3*1H4. The number of aromatic nitrogens is 9. The fourth-order valence-electron chi connectivity index (χ4n) is 4.59. The van der Waals surface area contributed by atoms with E-state index in [1.807, 2.05) is 92.7 Å². The predicted octanol–water partition coefficient (Wildman–Crippen LogP) is 8.07. The zero-order chi connectivity index (χ0) is 39.8. The number of hydrogen-bond acceptors (Lipinski definition) is 10. The summed E-state index contributed by atoms with van der Waals surface area (Å²) in [6.45, 7) is 25.6. The summed E-state index contributed by atoms with van der Waals surface area (Å²) in [5, 5.41) is 7.94. The van der Waals surface area contributed by atoms with Gasteiger partial charge in [-0.05, 0) is 113 Å². The second-order valence-electron chi connectivity index (χ2n) is 14.1. The summed E-state index contributed by atoms with van der Waals surface area (Å²) < 4.78 is 3.46. The number of likely N-dealkylation sites (tertiary alicyclic amines) is 1. The molecule has 0 amide bonds. The van der Waals surface area contributed by atoms with E-state index in [4.69, 9.17) is 0 Å². The molecule has 12 nitrogen and oxygen atoms in total. The Morgan fingerprint density at radius 2 is 0.875 bits per heavy atom. The minimum absolute atomic E-state index is 0. The molecule has 2 saturated heterocycles. The zero-order valence-electron chi connectivity index (χ0n) is 35.2. The Bertz CT molecular complexity index is 1350. The molecule has 0 bridgehead atoms. The molecule has 1 atom stereocenters.